The van der Waals surface area contributed by atoms with E-state index in [1.165, 1.54) is 32.1 Å². The van der Waals surface area contributed by atoms with Crippen LogP contribution >= 0.6 is 0 Å². The quantitative estimate of drug-likeness (QED) is 0.558. The van der Waals surface area contributed by atoms with Crippen LogP contribution in [-0.4, -0.2) is 42.3 Å². The van der Waals surface area contributed by atoms with Crippen molar-refractivity contribution in [1.29, 1.82) is 0 Å². The van der Waals surface area contributed by atoms with Gasteiger partial charge in [-0.25, -0.2) is 0 Å². The lowest BCUT2D eigenvalue weighted by Gasteiger charge is -2.38. The number of ether oxygens (including phenoxy) is 1. The monoisotopic (exact) mass is 312 g/mol. The number of rotatable bonds is 6. The first-order chi connectivity index (χ1) is 10.2. The third-order valence-corrected chi connectivity index (χ3v) is 9.71. The zero-order valence-electron chi connectivity index (χ0n) is 13.4. The summed E-state index contributed by atoms with van der Waals surface area (Å²) in [5.41, 5.74) is 0. The average Bonchev–Trinajstić information content (AvgIpc) is 3.04. The highest BCUT2D eigenvalue weighted by Gasteiger charge is 2.59. The van der Waals surface area contributed by atoms with Crippen molar-refractivity contribution in [1.82, 2.24) is 0 Å². The van der Waals surface area contributed by atoms with Gasteiger partial charge in [0.2, 0.25) is 0 Å². The predicted octanol–water partition coefficient (Wildman–Crippen LogP) is 2.70. The Labute approximate surface area is 128 Å². The van der Waals surface area contributed by atoms with E-state index in [0.29, 0.717) is 12.2 Å². The van der Waals surface area contributed by atoms with Crippen LogP contribution in [0.1, 0.15) is 32.1 Å². The Hall–Kier alpha value is 0.0569. The largest absolute Gasteiger partial charge is 0.500 e. The molecule has 0 N–H and O–H groups in total. The van der Waals surface area contributed by atoms with Gasteiger partial charge in [0.05, 0.1) is 12.2 Å². The van der Waals surface area contributed by atoms with Gasteiger partial charge in [-0.3, -0.25) is 0 Å². The molecule has 0 aromatic rings. The molecule has 3 aliphatic carbocycles. The fourth-order valence-corrected chi connectivity index (χ4v) is 7.68. The highest BCUT2D eigenvalue weighted by atomic mass is 28.4. The summed E-state index contributed by atoms with van der Waals surface area (Å²) in [6, 6.07) is 0.963. The Bertz CT molecular complexity index is 391. The highest BCUT2D eigenvalue weighted by Crippen LogP contribution is 2.63. The molecular weight excluding hydrogens is 284 g/mol. The summed E-state index contributed by atoms with van der Waals surface area (Å²) < 4.78 is 22.5. The summed E-state index contributed by atoms with van der Waals surface area (Å²) in [6.45, 7) is 0. The first-order valence-electron chi connectivity index (χ1n) is 8.50. The van der Waals surface area contributed by atoms with Gasteiger partial charge in [0.1, 0.15) is 0 Å². The Kier molecular flexibility index (Phi) is 3.70. The van der Waals surface area contributed by atoms with Crippen LogP contribution in [0.3, 0.4) is 0 Å². The molecule has 4 aliphatic rings. The minimum atomic E-state index is -2.39. The Balaban J connectivity index is 1.38. The predicted molar refractivity (Wildman–Crippen MR) is 80.8 cm³/mol. The first kappa shape index (κ1) is 14.6. The lowest BCUT2D eigenvalue weighted by molar-refractivity contribution is 0.105. The van der Waals surface area contributed by atoms with Crippen LogP contribution in [0.2, 0.25) is 6.04 Å². The molecule has 1 aliphatic heterocycles. The molecular formula is C16H28O4Si. The Morgan fingerprint density at radius 2 is 1.52 bits per heavy atom. The van der Waals surface area contributed by atoms with Crippen molar-refractivity contribution in [2.75, 3.05) is 21.3 Å². The van der Waals surface area contributed by atoms with Gasteiger partial charge in [-0.1, -0.05) is 0 Å². The van der Waals surface area contributed by atoms with Crippen LogP contribution in [0.25, 0.3) is 0 Å². The van der Waals surface area contributed by atoms with Crippen LogP contribution in [0.15, 0.2) is 0 Å². The van der Waals surface area contributed by atoms with Crippen molar-refractivity contribution in [3.63, 3.8) is 0 Å². The first-order valence-corrected chi connectivity index (χ1v) is 10.4. The smallest absolute Gasteiger partial charge is 0.377 e. The van der Waals surface area contributed by atoms with Crippen molar-refractivity contribution >= 4 is 8.80 Å². The molecule has 0 aromatic heterocycles. The maximum Gasteiger partial charge on any atom is 0.500 e. The molecule has 7 unspecified atom stereocenters. The minimum absolute atomic E-state index is 0.622. The van der Waals surface area contributed by atoms with Crippen molar-refractivity contribution < 1.29 is 18.0 Å². The summed E-state index contributed by atoms with van der Waals surface area (Å²) in [7, 11) is 2.79. The normalized spacial score (nSPS) is 47.3. The molecule has 3 saturated carbocycles. The molecule has 2 bridgehead atoms. The molecule has 0 radical (unpaired) electrons. The van der Waals surface area contributed by atoms with Gasteiger partial charge in [-0.2, -0.15) is 0 Å². The fraction of sp³-hybridized carbons (Fsp3) is 1.00. The highest BCUT2D eigenvalue weighted by molar-refractivity contribution is 6.60. The van der Waals surface area contributed by atoms with E-state index in [-0.39, 0.29) is 0 Å². The summed E-state index contributed by atoms with van der Waals surface area (Å²) in [5.74, 6) is 4.69. The third-order valence-electron chi connectivity index (χ3n) is 6.94. The summed E-state index contributed by atoms with van der Waals surface area (Å²) in [4.78, 5) is 0. The van der Waals surface area contributed by atoms with E-state index >= 15 is 0 Å². The molecule has 4 rings (SSSR count). The molecule has 1 heterocycles. The molecule has 4 nitrogen and oxygen atoms in total. The summed E-state index contributed by atoms with van der Waals surface area (Å²) in [6.07, 6.45) is 8.06. The van der Waals surface area contributed by atoms with Gasteiger partial charge in [0.15, 0.2) is 0 Å². The fourth-order valence-electron chi connectivity index (χ4n) is 5.84. The van der Waals surface area contributed by atoms with E-state index in [9.17, 15) is 0 Å². The minimum Gasteiger partial charge on any atom is -0.377 e. The van der Waals surface area contributed by atoms with Crippen LogP contribution < -0.4 is 0 Å². The third kappa shape index (κ3) is 2.32. The van der Waals surface area contributed by atoms with Crippen LogP contribution in [0.4, 0.5) is 0 Å². The Morgan fingerprint density at radius 3 is 2.19 bits per heavy atom. The molecule has 0 amide bonds. The van der Waals surface area contributed by atoms with E-state index in [1.54, 1.807) is 21.3 Å². The molecule has 5 heteroatoms. The summed E-state index contributed by atoms with van der Waals surface area (Å²) >= 11 is 0. The second kappa shape index (κ2) is 5.30. The molecule has 0 aromatic carbocycles. The van der Waals surface area contributed by atoms with Gasteiger partial charge in [-0.15, -0.1) is 0 Å². The zero-order chi connectivity index (χ0) is 14.6. The van der Waals surface area contributed by atoms with Crippen molar-refractivity contribution in [3.05, 3.63) is 0 Å². The number of hydrogen-bond donors (Lipinski definition) is 0. The molecule has 0 spiro atoms. The Morgan fingerprint density at radius 1 is 0.857 bits per heavy atom. The van der Waals surface area contributed by atoms with E-state index in [4.69, 9.17) is 18.0 Å². The molecule has 120 valence electrons. The molecule has 7 atom stereocenters. The van der Waals surface area contributed by atoms with Crippen molar-refractivity contribution in [2.45, 2.75) is 50.4 Å². The molecule has 4 fully saturated rings. The van der Waals surface area contributed by atoms with Gasteiger partial charge < -0.3 is 18.0 Å². The lowest BCUT2D eigenvalue weighted by Crippen LogP contribution is -2.43. The van der Waals surface area contributed by atoms with E-state index in [1.807, 2.05) is 0 Å². The number of epoxide rings is 1. The van der Waals surface area contributed by atoms with E-state index in [2.05, 4.69) is 0 Å². The maximum absolute atomic E-state index is 5.79. The maximum atomic E-state index is 5.79. The van der Waals surface area contributed by atoms with Crippen LogP contribution in [0, 0.1) is 29.6 Å². The van der Waals surface area contributed by atoms with Crippen LogP contribution in [-0.2, 0) is 18.0 Å². The number of hydrogen-bond acceptors (Lipinski definition) is 4. The van der Waals surface area contributed by atoms with Crippen molar-refractivity contribution in [3.8, 4) is 0 Å². The second-order valence-electron chi connectivity index (χ2n) is 7.50. The lowest BCUT2D eigenvalue weighted by atomic mass is 9.67. The zero-order valence-corrected chi connectivity index (χ0v) is 14.4. The number of fused-ring (bicyclic) bond motifs is 6. The molecule has 21 heavy (non-hydrogen) atoms. The van der Waals surface area contributed by atoms with E-state index in [0.717, 1.165) is 35.6 Å². The van der Waals surface area contributed by atoms with Gasteiger partial charge in [0.25, 0.3) is 0 Å². The molecule has 1 saturated heterocycles. The van der Waals surface area contributed by atoms with Gasteiger partial charge >= 0.3 is 8.80 Å². The standard InChI is InChI=1S/C16H28O4Si/c1-17-21(18-2,19-3)5-4-10-6-11-7-12(10)14-9-16-15(20-16)8-13(11)14/h10-16H,4-9H2,1-3H3. The van der Waals surface area contributed by atoms with Crippen molar-refractivity contribution in [2.24, 2.45) is 29.6 Å². The van der Waals surface area contributed by atoms with Gasteiger partial charge in [-0.05, 0) is 61.7 Å². The van der Waals surface area contributed by atoms with Crippen LogP contribution in [0.5, 0.6) is 0 Å². The summed E-state index contributed by atoms with van der Waals surface area (Å²) in [5, 5.41) is 0. The average molecular weight is 312 g/mol. The van der Waals surface area contributed by atoms with Gasteiger partial charge in [0, 0.05) is 27.4 Å². The SMILES string of the molecule is CO[Si](CCC1CC2CC1C1CC3OC3CC21)(OC)OC. The van der Waals surface area contributed by atoms with E-state index < -0.39 is 8.80 Å². The topological polar surface area (TPSA) is 40.2 Å². The second-order valence-corrected chi connectivity index (χ2v) is 10.6.